The van der Waals surface area contributed by atoms with E-state index in [0.717, 1.165) is 6.42 Å². The highest BCUT2D eigenvalue weighted by Crippen LogP contribution is 2.23. The van der Waals surface area contributed by atoms with Crippen LogP contribution in [0.4, 0.5) is 5.69 Å². The molecule has 0 radical (unpaired) electrons. The second-order valence-electron chi connectivity index (χ2n) is 5.61. The molecule has 1 fully saturated rings. The highest BCUT2D eigenvalue weighted by Gasteiger charge is 2.34. The molecule has 2 heterocycles. The van der Waals surface area contributed by atoms with Crippen LogP contribution in [0.25, 0.3) is 0 Å². The number of rotatable bonds is 4. The number of nitrogens with one attached hydrogen (secondary N) is 1. The lowest BCUT2D eigenvalue weighted by Crippen LogP contribution is -2.42. The molecular weight excluding hydrogens is 344 g/mol. The maximum Gasteiger partial charge on any atom is 0.264 e. The van der Waals surface area contributed by atoms with Crippen molar-refractivity contribution in [3.8, 4) is 0 Å². The third-order valence-electron chi connectivity index (χ3n) is 3.98. The van der Waals surface area contributed by atoms with E-state index in [1.807, 2.05) is 11.4 Å². The lowest BCUT2D eigenvalue weighted by atomic mass is 10.2. The van der Waals surface area contributed by atoms with E-state index in [0.29, 0.717) is 28.4 Å². The molecule has 0 aliphatic carbocycles. The number of benzene rings is 1. The van der Waals surface area contributed by atoms with Gasteiger partial charge in [-0.2, -0.15) is 0 Å². The Morgan fingerprint density at radius 1 is 1.29 bits per heavy atom. The topological polar surface area (TPSA) is 66.5 Å². The van der Waals surface area contributed by atoms with Gasteiger partial charge in [0.05, 0.1) is 4.88 Å². The molecule has 0 saturated carbocycles. The zero-order valence-corrected chi connectivity index (χ0v) is 14.9. The average molecular weight is 362 g/mol. The predicted octanol–water partition coefficient (Wildman–Crippen LogP) is 2.73. The van der Waals surface area contributed by atoms with Gasteiger partial charge in [-0.25, -0.2) is 0 Å². The van der Waals surface area contributed by atoms with Gasteiger partial charge in [-0.1, -0.05) is 12.1 Å². The number of likely N-dealkylation sites (tertiary alicyclic amines) is 1. The van der Waals surface area contributed by atoms with Gasteiger partial charge in [0, 0.05) is 34.2 Å². The van der Waals surface area contributed by atoms with Crippen LogP contribution in [0.2, 0.25) is 0 Å². The van der Waals surface area contributed by atoms with Gasteiger partial charge >= 0.3 is 0 Å². The molecule has 2 aromatic rings. The lowest BCUT2D eigenvalue weighted by Gasteiger charge is -2.23. The minimum atomic E-state index is -1.11. The van der Waals surface area contributed by atoms with Crippen LogP contribution in [-0.2, 0) is 15.6 Å². The fraction of sp³-hybridized carbons (Fsp3) is 0.294. The Kier molecular flexibility index (Phi) is 5.11. The van der Waals surface area contributed by atoms with Crippen molar-refractivity contribution in [3.05, 3.63) is 46.7 Å². The van der Waals surface area contributed by atoms with Crippen molar-refractivity contribution in [1.29, 1.82) is 0 Å². The summed E-state index contributed by atoms with van der Waals surface area (Å²) in [7, 11) is -1.11. The number of thiophene rings is 1. The van der Waals surface area contributed by atoms with Gasteiger partial charge in [0.2, 0.25) is 5.91 Å². The number of hydrogen-bond acceptors (Lipinski definition) is 4. The van der Waals surface area contributed by atoms with Crippen molar-refractivity contribution in [2.75, 3.05) is 18.1 Å². The molecule has 1 aliphatic heterocycles. The Morgan fingerprint density at radius 3 is 2.83 bits per heavy atom. The monoisotopic (exact) mass is 362 g/mol. The normalized spacial score (nSPS) is 18.4. The van der Waals surface area contributed by atoms with Crippen LogP contribution in [-0.4, -0.2) is 39.8 Å². The van der Waals surface area contributed by atoms with Gasteiger partial charge in [-0.05, 0) is 42.5 Å². The molecule has 24 heavy (non-hydrogen) atoms. The third-order valence-corrected chi connectivity index (χ3v) is 5.76. The van der Waals surface area contributed by atoms with Gasteiger partial charge < -0.3 is 10.2 Å². The molecule has 1 aliphatic rings. The first-order valence-electron chi connectivity index (χ1n) is 7.65. The maximum absolute atomic E-state index is 12.6. The van der Waals surface area contributed by atoms with Crippen molar-refractivity contribution in [3.63, 3.8) is 0 Å². The number of carbonyl (C=O) groups excluding carboxylic acids is 2. The fourth-order valence-electron chi connectivity index (χ4n) is 2.80. The maximum atomic E-state index is 12.6. The van der Waals surface area contributed by atoms with Crippen LogP contribution >= 0.6 is 11.3 Å². The zero-order valence-electron chi connectivity index (χ0n) is 13.2. The van der Waals surface area contributed by atoms with Gasteiger partial charge in [0.15, 0.2) is 0 Å². The quantitative estimate of drug-likeness (QED) is 0.909. The Morgan fingerprint density at radius 2 is 2.12 bits per heavy atom. The van der Waals surface area contributed by atoms with E-state index in [2.05, 4.69) is 5.32 Å². The first-order chi connectivity index (χ1) is 11.6. The Hall–Kier alpha value is -1.99. The smallest absolute Gasteiger partial charge is 0.264 e. The lowest BCUT2D eigenvalue weighted by molar-refractivity contribution is -0.119. The van der Waals surface area contributed by atoms with Gasteiger partial charge in [-0.3, -0.25) is 13.8 Å². The minimum absolute atomic E-state index is 0.0916. The van der Waals surface area contributed by atoms with Gasteiger partial charge in [-0.15, -0.1) is 11.3 Å². The summed E-state index contributed by atoms with van der Waals surface area (Å²) in [5, 5.41) is 4.70. The second-order valence-corrected chi connectivity index (χ2v) is 7.93. The summed E-state index contributed by atoms with van der Waals surface area (Å²) in [6.45, 7) is 0.591. The summed E-state index contributed by atoms with van der Waals surface area (Å²) >= 11 is 1.38. The van der Waals surface area contributed by atoms with Crippen molar-refractivity contribution >= 4 is 39.6 Å². The molecule has 3 rings (SSSR count). The Labute approximate surface area is 147 Å². The number of hydrogen-bond donors (Lipinski definition) is 1. The Bertz CT molecular complexity index is 774. The van der Waals surface area contributed by atoms with E-state index >= 15 is 0 Å². The van der Waals surface area contributed by atoms with E-state index in [4.69, 9.17) is 0 Å². The molecule has 0 bridgehead atoms. The number of amides is 2. The molecule has 1 unspecified atom stereocenters. The molecule has 0 spiro atoms. The van der Waals surface area contributed by atoms with E-state index in [1.165, 1.54) is 11.3 Å². The second kappa shape index (κ2) is 7.27. The van der Waals surface area contributed by atoms with Crippen molar-refractivity contribution < 1.29 is 13.8 Å². The summed E-state index contributed by atoms with van der Waals surface area (Å²) in [5.41, 5.74) is 0.600. The van der Waals surface area contributed by atoms with Gasteiger partial charge in [0.25, 0.3) is 5.91 Å². The number of nitrogens with zero attached hydrogens (tertiary/aromatic N) is 1. The number of anilines is 1. The molecule has 2 amide bonds. The summed E-state index contributed by atoms with van der Waals surface area (Å²) in [4.78, 5) is 28.1. The van der Waals surface area contributed by atoms with Crippen LogP contribution in [0.1, 0.15) is 22.5 Å². The standard InChI is InChI=1S/C17H18N2O3S2/c1-24(22)13-6-2-5-12(11-13)18-16(20)14-7-3-9-19(14)17(21)15-8-4-10-23-15/h2,4-6,8,10-11,14H,3,7,9H2,1H3,(H,18,20)/t14-,24?/m0/s1. The summed E-state index contributed by atoms with van der Waals surface area (Å²) in [6.07, 6.45) is 3.07. The first kappa shape index (κ1) is 16.9. The molecule has 2 atom stereocenters. The fourth-order valence-corrected chi connectivity index (χ4v) is 4.04. The Balaban J connectivity index is 1.73. The SMILES string of the molecule is CS(=O)c1cccc(NC(=O)[C@@H]2CCCN2C(=O)c2cccs2)c1. The van der Waals surface area contributed by atoms with Crippen LogP contribution < -0.4 is 5.32 Å². The zero-order chi connectivity index (χ0) is 17.1. The molecule has 1 N–H and O–H groups in total. The van der Waals surface area contributed by atoms with Crippen molar-refractivity contribution in [1.82, 2.24) is 4.90 Å². The summed E-state index contributed by atoms with van der Waals surface area (Å²) < 4.78 is 11.6. The average Bonchev–Trinajstić information content (AvgIpc) is 3.26. The first-order valence-corrected chi connectivity index (χ1v) is 10.1. The predicted molar refractivity (Wildman–Crippen MR) is 95.8 cm³/mol. The molecule has 1 aromatic heterocycles. The van der Waals surface area contributed by atoms with Crippen LogP contribution in [0.15, 0.2) is 46.7 Å². The van der Waals surface area contributed by atoms with E-state index in [1.54, 1.807) is 41.5 Å². The number of carbonyl (C=O) groups is 2. The molecule has 5 nitrogen and oxygen atoms in total. The van der Waals surface area contributed by atoms with Crippen molar-refractivity contribution in [2.24, 2.45) is 0 Å². The summed E-state index contributed by atoms with van der Waals surface area (Å²) in [5.74, 6) is -0.289. The third kappa shape index (κ3) is 3.57. The van der Waals surface area contributed by atoms with Crippen LogP contribution in [0.3, 0.4) is 0 Å². The van der Waals surface area contributed by atoms with Crippen LogP contribution in [0, 0.1) is 0 Å². The summed E-state index contributed by atoms with van der Waals surface area (Å²) in [6, 6.07) is 10.1. The van der Waals surface area contributed by atoms with Crippen LogP contribution in [0.5, 0.6) is 0 Å². The molecule has 1 aromatic carbocycles. The van der Waals surface area contributed by atoms with E-state index in [-0.39, 0.29) is 11.8 Å². The highest BCUT2D eigenvalue weighted by atomic mass is 32.2. The molecule has 1 saturated heterocycles. The highest BCUT2D eigenvalue weighted by molar-refractivity contribution is 7.84. The molecular formula is C17H18N2O3S2. The molecule has 7 heteroatoms. The molecule has 126 valence electrons. The largest absolute Gasteiger partial charge is 0.326 e. The van der Waals surface area contributed by atoms with E-state index in [9.17, 15) is 13.8 Å². The van der Waals surface area contributed by atoms with Crippen molar-refractivity contribution in [2.45, 2.75) is 23.8 Å². The van der Waals surface area contributed by atoms with E-state index < -0.39 is 16.8 Å². The van der Waals surface area contributed by atoms with Gasteiger partial charge in [0.1, 0.15) is 6.04 Å². The minimum Gasteiger partial charge on any atom is -0.326 e.